The van der Waals surface area contributed by atoms with Crippen LogP contribution in [0.1, 0.15) is 37.8 Å². The van der Waals surface area contributed by atoms with Gasteiger partial charge in [-0.1, -0.05) is 13.3 Å². The molecule has 0 fully saturated rings. The van der Waals surface area contributed by atoms with Crippen LogP contribution in [0.5, 0.6) is 5.75 Å². The van der Waals surface area contributed by atoms with Crippen molar-refractivity contribution in [3.8, 4) is 28.1 Å². The molecule has 0 radical (unpaired) electrons. The number of fused-ring (bicyclic) bond motifs is 4. The number of nitrogens with zero attached hydrogens (tertiary/aromatic N) is 4. The van der Waals surface area contributed by atoms with Crippen LogP contribution in [-0.2, 0) is 4.79 Å². The van der Waals surface area contributed by atoms with E-state index in [4.69, 9.17) is 16.3 Å². The number of amides is 1. The molecule has 10 nitrogen and oxygen atoms in total. The van der Waals surface area contributed by atoms with Crippen LogP contribution in [0.4, 0.5) is 28.9 Å². The molecule has 2 atom stereocenters. The molecule has 3 heterocycles. The van der Waals surface area contributed by atoms with Crippen molar-refractivity contribution in [3.05, 3.63) is 101 Å². The Morgan fingerprint density at radius 3 is 2.59 bits per heavy atom. The Labute approximate surface area is 261 Å². The van der Waals surface area contributed by atoms with Crippen LogP contribution in [0, 0.1) is 11.7 Å². The minimum Gasteiger partial charge on any atom is -0.497 e. The quantitative estimate of drug-likeness (QED) is 0.148. The van der Waals surface area contributed by atoms with E-state index < -0.39 is 29.3 Å². The van der Waals surface area contributed by atoms with E-state index >= 15 is 0 Å². The van der Waals surface area contributed by atoms with E-state index in [0.29, 0.717) is 58.6 Å². The third-order valence-electron chi connectivity index (χ3n) is 7.79. The third-order valence-corrected chi connectivity index (χ3v) is 7.79. The van der Waals surface area contributed by atoms with E-state index in [2.05, 4.69) is 15.3 Å². The maximum Gasteiger partial charge on any atom is 0.432 e. The van der Waals surface area contributed by atoms with Gasteiger partial charge in [-0.15, -0.1) is 0 Å². The first-order chi connectivity index (χ1) is 21.8. The summed E-state index contributed by atoms with van der Waals surface area (Å²) in [5, 5.41) is 3.59. The van der Waals surface area contributed by atoms with E-state index in [1.54, 1.807) is 25.4 Å². The highest BCUT2D eigenvalue weighted by atomic mass is 19.4. The normalized spacial score (nSPS) is 17.3. The first-order valence-electron chi connectivity index (χ1n) is 14.3. The molecule has 1 aliphatic rings. The molecule has 0 spiro atoms. The lowest BCUT2D eigenvalue weighted by atomic mass is 9.94. The molecule has 0 aliphatic carbocycles. The van der Waals surface area contributed by atoms with Crippen molar-refractivity contribution in [2.24, 2.45) is 17.5 Å². The maximum absolute atomic E-state index is 14.3. The third kappa shape index (κ3) is 6.86. The largest absolute Gasteiger partial charge is 0.497 e. The maximum atomic E-state index is 14.3. The number of rotatable bonds is 5. The zero-order valence-electron chi connectivity index (χ0n) is 24.9. The number of carbonyl (C=O) groups is 1. The molecule has 5 rings (SSSR count). The Hall–Kier alpha value is -5.24. The number of nitrogens with one attached hydrogen (secondary N) is 1. The van der Waals surface area contributed by atoms with Crippen LogP contribution in [0.3, 0.4) is 0 Å². The highest BCUT2D eigenvalue weighted by Crippen LogP contribution is 2.35. The molecule has 2 unspecified atom stereocenters. The monoisotopic (exact) mass is 637 g/mol. The predicted octanol–water partition coefficient (Wildman–Crippen LogP) is 5.51. The van der Waals surface area contributed by atoms with Gasteiger partial charge in [0, 0.05) is 53.0 Å². The molecule has 0 saturated carbocycles. The van der Waals surface area contributed by atoms with Gasteiger partial charge in [0.2, 0.25) is 5.91 Å². The number of hydrogen-bond donors (Lipinski definition) is 3. The zero-order chi connectivity index (χ0) is 33.2. The van der Waals surface area contributed by atoms with Gasteiger partial charge in [-0.3, -0.25) is 24.1 Å². The molecular weight excluding hydrogens is 606 g/mol. The molecule has 0 saturated heterocycles. The number of anilines is 2. The van der Waals surface area contributed by atoms with Gasteiger partial charge in [0.05, 0.1) is 30.9 Å². The Balaban J connectivity index is 1.59. The highest BCUT2D eigenvalue weighted by molar-refractivity contribution is 5.96. The van der Waals surface area contributed by atoms with Crippen molar-refractivity contribution in [1.82, 2.24) is 14.5 Å². The number of hydrazine groups is 1. The van der Waals surface area contributed by atoms with Crippen LogP contribution >= 0.6 is 0 Å². The molecule has 2 aromatic carbocycles. The lowest BCUT2D eigenvalue weighted by molar-refractivity contribution is -0.119. The predicted molar refractivity (Wildman–Crippen MR) is 165 cm³/mol. The average Bonchev–Trinajstić information content (AvgIpc) is 3.02. The average molecular weight is 638 g/mol. The molecular formula is C32H31F4N7O3. The van der Waals surface area contributed by atoms with E-state index in [-0.39, 0.29) is 28.8 Å². The summed E-state index contributed by atoms with van der Waals surface area (Å²) in [5.41, 5.74) is 5.79. The second-order valence-corrected chi connectivity index (χ2v) is 10.9. The Bertz CT molecular complexity index is 1860. The summed E-state index contributed by atoms with van der Waals surface area (Å²) < 4.78 is 60.4. The van der Waals surface area contributed by atoms with Gasteiger partial charge in [-0.2, -0.15) is 13.2 Å². The number of alkyl halides is 3. The fraction of sp³-hybridized carbons (Fsp3) is 0.250. The number of nitrogens with two attached hydrogens (primary N) is 2. The Morgan fingerprint density at radius 2 is 1.87 bits per heavy atom. The van der Waals surface area contributed by atoms with Crippen LogP contribution in [0.25, 0.3) is 22.4 Å². The molecule has 46 heavy (non-hydrogen) atoms. The van der Waals surface area contributed by atoms with Crippen molar-refractivity contribution in [2.45, 2.75) is 38.4 Å². The summed E-state index contributed by atoms with van der Waals surface area (Å²) in [6, 6.07) is 11.0. The van der Waals surface area contributed by atoms with Crippen molar-refractivity contribution in [2.75, 3.05) is 17.4 Å². The van der Waals surface area contributed by atoms with E-state index in [0.717, 1.165) is 0 Å². The molecule has 2 aromatic heterocycles. The number of methoxy groups -OCH3 is 1. The first kappa shape index (κ1) is 32.2. The van der Waals surface area contributed by atoms with E-state index in [9.17, 15) is 27.2 Å². The van der Waals surface area contributed by atoms with Gasteiger partial charge in [-0.25, -0.2) is 15.2 Å². The summed E-state index contributed by atoms with van der Waals surface area (Å²) in [5.74, 6) is 5.24. The molecule has 2 bridgehead atoms. The van der Waals surface area contributed by atoms with Crippen molar-refractivity contribution in [1.29, 1.82) is 0 Å². The van der Waals surface area contributed by atoms with Gasteiger partial charge in [0.1, 0.15) is 17.3 Å². The van der Waals surface area contributed by atoms with Crippen molar-refractivity contribution < 1.29 is 27.1 Å². The lowest BCUT2D eigenvalue weighted by Gasteiger charge is -2.24. The van der Waals surface area contributed by atoms with Gasteiger partial charge in [0.15, 0.2) is 0 Å². The number of ether oxygens (including phenoxy) is 1. The van der Waals surface area contributed by atoms with E-state index in [1.807, 2.05) is 0 Å². The zero-order valence-corrected chi connectivity index (χ0v) is 24.9. The fourth-order valence-electron chi connectivity index (χ4n) is 5.28. The summed E-state index contributed by atoms with van der Waals surface area (Å²) in [6.45, 7) is 1.80. The fourth-order valence-corrected chi connectivity index (χ4v) is 5.28. The van der Waals surface area contributed by atoms with Gasteiger partial charge in [-0.05, 0) is 60.9 Å². The molecule has 4 aromatic rings. The number of aromatic nitrogens is 3. The van der Waals surface area contributed by atoms with E-state index in [1.165, 1.54) is 60.5 Å². The number of hydrogen-bond acceptors (Lipinski definition) is 8. The topological polar surface area (TPSA) is 141 Å². The Kier molecular flexibility index (Phi) is 9.10. The lowest BCUT2D eigenvalue weighted by Crippen LogP contribution is -2.30. The summed E-state index contributed by atoms with van der Waals surface area (Å²) in [7, 11) is 1.41. The standard InChI is InChI=1S/C32H31F4N7O3/c1-18-4-3-5-27(20-10-19(14-39-15-20)23-11-21(33)6-8-25(23)41-31(18)45)42-17-40-26(13-30(42)44)24-12-22(46-2)7-9-28(24)43(38)16-29(37)32(34,35)36/h6-18,27H,3-5,37-38H2,1-2H3,(H,41,45)/b29-16-. The molecule has 1 aliphatic heterocycles. The SMILES string of the molecule is COc1ccc(N(N)/C=C(\N)C(F)(F)F)c(-c2cc(=O)n(C3CCCC(C)C(=O)Nc4ccc(F)cc4-c4cncc3c4)cn2)c1. The van der Waals surface area contributed by atoms with Crippen LogP contribution in [-0.4, -0.2) is 33.7 Å². The highest BCUT2D eigenvalue weighted by Gasteiger charge is 2.32. The van der Waals surface area contributed by atoms with Crippen LogP contribution in [0.2, 0.25) is 0 Å². The van der Waals surface area contributed by atoms with Gasteiger partial charge in [0.25, 0.3) is 5.56 Å². The van der Waals surface area contributed by atoms with Gasteiger partial charge < -0.3 is 15.8 Å². The number of carbonyl (C=O) groups excluding carboxylic acids is 1. The second-order valence-electron chi connectivity index (χ2n) is 10.9. The van der Waals surface area contributed by atoms with Crippen LogP contribution in [0.15, 0.2) is 83.9 Å². The first-order valence-corrected chi connectivity index (χ1v) is 14.3. The summed E-state index contributed by atoms with van der Waals surface area (Å²) >= 11 is 0. The van der Waals surface area contributed by atoms with Crippen molar-refractivity contribution in [3.63, 3.8) is 0 Å². The minimum atomic E-state index is -4.80. The smallest absolute Gasteiger partial charge is 0.432 e. The van der Waals surface area contributed by atoms with Crippen molar-refractivity contribution >= 4 is 17.3 Å². The molecule has 1 amide bonds. The number of halogens is 4. The Morgan fingerprint density at radius 1 is 1.09 bits per heavy atom. The molecule has 240 valence electrons. The molecule has 5 N–H and O–H groups in total. The number of pyridine rings is 1. The second kappa shape index (κ2) is 13.0. The minimum absolute atomic E-state index is 0.0821. The number of allylic oxidation sites excluding steroid dienone is 1. The summed E-state index contributed by atoms with van der Waals surface area (Å²) in [6.07, 6.45) is 1.77. The number of benzene rings is 2. The molecule has 14 heteroatoms. The van der Waals surface area contributed by atoms with Crippen LogP contribution < -0.4 is 32.2 Å². The summed E-state index contributed by atoms with van der Waals surface area (Å²) in [4.78, 5) is 35.5. The van der Waals surface area contributed by atoms with Gasteiger partial charge >= 0.3 is 6.18 Å².